The fourth-order valence-corrected chi connectivity index (χ4v) is 3.79. The first kappa shape index (κ1) is 21.5. The molecule has 0 unspecified atom stereocenters. The molecule has 2 heterocycles. The molecule has 3 rings (SSSR count). The number of carbonyl (C=O) groups excluding carboxylic acids is 2. The van der Waals surface area contributed by atoms with Gasteiger partial charge in [-0.3, -0.25) is 9.59 Å². The van der Waals surface area contributed by atoms with Crippen LogP contribution in [0.4, 0.5) is 5.69 Å². The van der Waals surface area contributed by atoms with Crippen molar-refractivity contribution in [3.8, 4) is 0 Å². The number of benzene rings is 1. The highest BCUT2D eigenvalue weighted by Gasteiger charge is 2.26. The van der Waals surface area contributed by atoms with E-state index in [0.29, 0.717) is 25.1 Å². The maximum atomic E-state index is 12.6. The number of anilines is 1. The fraction of sp³-hybridized carbons (Fsp3) is 0.591. The third-order valence-corrected chi connectivity index (χ3v) is 5.74. The monoisotopic (exact) mass is 399 g/mol. The molecular weight excluding hydrogens is 366 g/mol. The van der Waals surface area contributed by atoms with Gasteiger partial charge in [-0.05, 0) is 50.6 Å². The Morgan fingerprint density at radius 3 is 2.55 bits per heavy atom. The molecule has 1 fully saturated rings. The van der Waals surface area contributed by atoms with Gasteiger partial charge in [-0.2, -0.15) is 5.10 Å². The average Bonchev–Trinajstić information content (AvgIpc) is 2.73. The molecule has 0 aliphatic carbocycles. The summed E-state index contributed by atoms with van der Waals surface area (Å²) in [5.74, 6) is -0.231. The number of hydrazone groups is 1. The molecule has 1 aromatic carbocycles. The van der Waals surface area contributed by atoms with E-state index in [9.17, 15) is 9.59 Å². The minimum Gasteiger partial charge on any atom is -0.351 e. The van der Waals surface area contributed by atoms with Crippen LogP contribution in [0.5, 0.6) is 0 Å². The maximum Gasteiger partial charge on any atom is 0.267 e. The molecule has 0 saturated carbocycles. The summed E-state index contributed by atoms with van der Waals surface area (Å²) in [6.07, 6.45) is 1.62. The molecule has 7 nitrogen and oxygen atoms in total. The number of aryl methyl sites for hydroxylation is 2. The molecule has 7 heteroatoms. The molecule has 0 radical (unpaired) electrons. The van der Waals surface area contributed by atoms with Crippen LogP contribution in [0.3, 0.4) is 0 Å². The summed E-state index contributed by atoms with van der Waals surface area (Å²) >= 11 is 0. The number of amides is 2. The van der Waals surface area contributed by atoms with Crippen molar-refractivity contribution in [2.75, 3.05) is 50.8 Å². The SMILES string of the molecule is CCN1CCN(CCCNC(=O)C2=NN(c3cc(C)ccc3C)C(=O)CC2)CC1. The first-order chi connectivity index (χ1) is 14.0. The van der Waals surface area contributed by atoms with Crippen molar-refractivity contribution in [1.82, 2.24) is 15.1 Å². The molecule has 1 N–H and O–H groups in total. The molecule has 29 heavy (non-hydrogen) atoms. The van der Waals surface area contributed by atoms with Crippen molar-refractivity contribution in [1.29, 1.82) is 0 Å². The lowest BCUT2D eigenvalue weighted by atomic mass is 10.1. The van der Waals surface area contributed by atoms with E-state index in [1.54, 1.807) is 0 Å². The summed E-state index contributed by atoms with van der Waals surface area (Å²) in [6.45, 7) is 13.3. The second kappa shape index (κ2) is 9.98. The summed E-state index contributed by atoms with van der Waals surface area (Å²) in [7, 11) is 0. The predicted molar refractivity (Wildman–Crippen MR) is 116 cm³/mol. The lowest BCUT2D eigenvalue weighted by molar-refractivity contribution is -0.119. The lowest BCUT2D eigenvalue weighted by Gasteiger charge is -2.34. The number of nitrogens with zero attached hydrogens (tertiary/aromatic N) is 4. The highest BCUT2D eigenvalue weighted by atomic mass is 16.2. The summed E-state index contributed by atoms with van der Waals surface area (Å²) in [5, 5.41) is 8.77. The summed E-state index contributed by atoms with van der Waals surface area (Å²) < 4.78 is 0. The van der Waals surface area contributed by atoms with Crippen LogP contribution in [-0.4, -0.2) is 73.1 Å². The molecule has 0 spiro atoms. The molecule has 2 aliphatic heterocycles. The van der Waals surface area contributed by atoms with Gasteiger partial charge < -0.3 is 15.1 Å². The summed E-state index contributed by atoms with van der Waals surface area (Å²) in [5.41, 5.74) is 3.22. The van der Waals surface area contributed by atoms with E-state index in [2.05, 4.69) is 27.1 Å². The smallest absolute Gasteiger partial charge is 0.267 e. The first-order valence-electron chi connectivity index (χ1n) is 10.7. The summed E-state index contributed by atoms with van der Waals surface area (Å²) in [4.78, 5) is 29.9. The van der Waals surface area contributed by atoms with Crippen molar-refractivity contribution < 1.29 is 9.59 Å². The number of rotatable bonds is 7. The Kier molecular flexibility index (Phi) is 7.39. The van der Waals surface area contributed by atoms with E-state index >= 15 is 0 Å². The second-order valence-electron chi connectivity index (χ2n) is 7.93. The van der Waals surface area contributed by atoms with Gasteiger partial charge in [-0.15, -0.1) is 0 Å². The van der Waals surface area contributed by atoms with Crippen LogP contribution in [0.25, 0.3) is 0 Å². The van der Waals surface area contributed by atoms with Gasteiger partial charge in [0, 0.05) is 45.6 Å². The molecule has 0 aromatic heterocycles. The number of likely N-dealkylation sites (N-methyl/N-ethyl adjacent to an activating group) is 1. The molecule has 1 saturated heterocycles. The van der Waals surface area contributed by atoms with Crippen LogP contribution >= 0.6 is 0 Å². The normalized spacial score (nSPS) is 18.7. The topological polar surface area (TPSA) is 68.2 Å². The van der Waals surface area contributed by atoms with E-state index < -0.39 is 0 Å². The largest absolute Gasteiger partial charge is 0.351 e. The molecular formula is C22H33N5O2. The van der Waals surface area contributed by atoms with Crippen LogP contribution in [0, 0.1) is 13.8 Å². The van der Waals surface area contributed by atoms with Crippen LogP contribution in [0.15, 0.2) is 23.3 Å². The zero-order valence-electron chi connectivity index (χ0n) is 17.9. The van der Waals surface area contributed by atoms with Gasteiger partial charge in [0.15, 0.2) is 0 Å². The Morgan fingerprint density at radius 1 is 1.10 bits per heavy atom. The van der Waals surface area contributed by atoms with Crippen LogP contribution in [0.1, 0.15) is 37.3 Å². The molecule has 158 valence electrons. The number of carbonyl (C=O) groups is 2. The second-order valence-corrected chi connectivity index (χ2v) is 7.93. The van der Waals surface area contributed by atoms with Gasteiger partial charge in [0.05, 0.1) is 5.69 Å². The maximum absolute atomic E-state index is 12.6. The quantitative estimate of drug-likeness (QED) is 0.712. The van der Waals surface area contributed by atoms with Crippen LogP contribution < -0.4 is 10.3 Å². The van der Waals surface area contributed by atoms with Gasteiger partial charge in [0.25, 0.3) is 5.91 Å². The lowest BCUT2D eigenvalue weighted by Crippen LogP contribution is -2.46. The van der Waals surface area contributed by atoms with E-state index in [0.717, 1.165) is 62.5 Å². The van der Waals surface area contributed by atoms with Crippen molar-refractivity contribution in [3.05, 3.63) is 29.3 Å². The molecule has 1 aromatic rings. The Balaban J connectivity index is 1.51. The van der Waals surface area contributed by atoms with E-state index in [4.69, 9.17) is 0 Å². The Hall–Kier alpha value is -2.25. The highest BCUT2D eigenvalue weighted by Crippen LogP contribution is 2.25. The van der Waals surface area contributed by atoms with E-state index in [-0.39, 0.29) is 11.8 Å². The van der Waals surface area contributed by atoms with Crippen LogP contribution in [0.2, 0.25) is 0 Å². The number of hydrogen-bond donors (Lipinski definition) is 1. The predicted octanol–water partition coefficient (Wildman–Crippen LogP) is 1.93. The van der Waals surface area contributed by atoms with E-state index in [1.807, 2.05) is 32.0 Å². The molecule has 0 atom stereocenters. The first-order valence-corrected chi connectivity index (χ1v) is 10.7. The molecule has 2 aliphatic rings. The van der Waals surface area contributed by atoms with Gasteiger partial charge in [0.2, 0.25) is 5.91 Å². The Bertz CT molecular complexity index is 768. The van der Waals surface area contributed by atoms with Gasteiger partial charge in [0.1, 0.15) is 5.71 Å². The van der Waals surface area contributed by atoms with E-state index in [1.165, 1.54) is 5.01 Å². The standard InChI is InChI=1S/C22H33N5O2/c1-4-25-12-14-26(15-13-25)11-5-10-23-22(29)19-8-9-21(28)27(24-19)20-16-17(2)6-7-18(20)3/h6-7,16H,4-5,8-15H2,1-3H3,(H,23,29). The Labute approximate surface area is 173 Å². The minimum atomic E-state index is -0.163. The van der Waals surface area contributed by atoms with Gasteiger partial charge >= 0.3 is 0 Å². The number of piperazine rings is 1. The third-order valence-electron chi connectivity index (χ3n) is 5.74. The fourth-order valence-electron chi connectivity index (χ4n) is 3.79. The minimum absolute atomic E-state index is 0.0681. The van der Waals surface area contributed by atoms with Crippen molar-refractivity contribution in [2.24, 2.45) is 5.10 Å². The molecule has 0 bridgehead atoms. The van der Waals surface area contributed by atoms with Gasteiger partial charge in [-0.1, -0.05) is 19.1 Å². The van der Waals surface area contributed by atoms with Crippen molar-refractivity contribution in [2.45, 2.75) is 40.0 Å². The molecule has 2 amide bonds. The van der Waals surface area contributed by atoms with Crippen LogP contribution in [-0.2, 0) is 9.59 Å². The summed E-state index contributed by atoms with van der Waals surface area (Å²) in [6, 6.07) is 5.92. The average molecular weight is 400 g/mol. The Morgan fingerprint density at radius 2 is 1.83 bits per heavy atom. The third kappa shape index (κ3) is 5.64. The number of nitrogens with one attached hydrogen (secondary N) is 1. The van der Waals surface area contributed by atoms with Crippen molar-refractivity contribution >= 4 is 23.2 Å². The highest BCUT2D eigenvalue weighted by molar-refractivity contribution is 6.40. The van der Waals surface area contributed by atoms with Gasteiger partial charge in [-0.25, -0.2) is 5.01 Å². The number of hydrogen-bond acceptors (Lipinski definition) is 5. The van der Waals surface area contributed by atoms with Crippen molar-refractivity contribution in [3.63, 3.8) is 0 Å². The zero-order chi connectivity index (χ0) is 20.8. The zero-order valence-corrected chi connectivity index (χ0v) is 17.9.